The first kappa shape index (κ1) is 26.7. The molecule has 0 unspecified atom stereocenters. The number of ether oxygens (including phenoxy) is 2. The Hall–Kier alpha value is -4.37. The first-order valence-corrected chi connectivity index (χ1v) is 13.7. The van der Waals surface area contributed by atoms with E-state index >= 15 is 0 Å². The Kier molecular flexibility index (Phi) is 8.60. The molecule has 0 aromatic heterocycles. The number of amides is 1. The molecule has 0 aliphatic rings. The van der Waals surface area contributed by atoms with E-state index in [1.165, 1.54) is 28.6 Å². The number of hydrogen-bond donors (Lipinski definition) is 1. The molecule has 0 heterocycles. The molecular weight excluding hydrogens is 507 g/mol. The van der Waals surface area contributed by atoms with Gasteiger partial charge in [-0.1, -0.05) is 30.3 Å². The van der Waals surface area contributed by atoms with Crippen LogP contribution in [0.5, 0.6) is 17.2 Å². The summed E-state index contributed by atoms with van der Waals surface area (Å²) in [7, 11) is -3.58. The minimum Gasteiger partial charge on any atom is -0.492 e. The lowest BCUT2D eigenvalue weighted by molar-refractivity contribution is 0.0947. The number of hydrogen-bond acceptors (Lipinski definition) is 5. The summed E-state index contributed by atoms with van der Waals surface area (Å²) in [6, 6.07) is 28.5. The van der Waals surface area contributed by atoms with Gasteiger partial charge in [-0.3, -0.25) is 9.10 Å². The van der Waals surface area contributed by atoms with Gasteiger partial charge in [0.1, 0.15) is 29.7 Å². The van der Waals surface area contributed by atoms with E-state index in [9.17, 15) is 17.6 Å². The number of halogens is 1. The van der Waals surface area contributed by atoms with E-state index in [0.29, 0.717) is 28.5 Å². The molecule has 38 heavy (non-hydrogen) atoms. The number of rotatable bonds is 11. The summed E-state index contributed by atoms with van der Waals surface area (Å²) in [4.78, 5) is 12.4. The molecule has 0 fully saturated rings. The van der Waals surface area contributed by atoms with Gasteiger partial charge >= 0.3 is 0 Å². The van der Waals surface area contributed by atoms with Crippen LogP contribution in [0.2, 0.25) is 0 Å². The van der Waals surface area contributed by atoms with Gasteiger partial charge < -0.3 is 14.8 Å². The summed E-state index contributed by atoms with van der Waals surface area (Å²) in [6.45, 7) is 0.600. The summed E-state index contributed by atoms with van der Waals surface area (Å²) >= 11 is 0. The zero-order chi connectivity index (χ0) is 27.0. The molecule has 0 atom stereocenters. The maximum absolute atomic E-state index is 12.9. The van der Waals surface area contributed by atoms with E-state index in [4.69, 9.17) is 9.47 Å². The fraction of sp³-hybridized carbons (Fsp3) is 0.138. The second-order valence-corrected chi connectivity index (χ2v) is 10.3. The lowest BCUT2D eigenvalue weighted by atomic mass is 10.1. The maximum atomic E-state index is 12.9. The van der Waals surface area contributed by atoms with Gasteiger partial charge in [-0.25, -0.2) is 12.8 Å². The highest BCUT2D eigenvalue weighted by Gasteiger charge is 2.18. The Morgan fingerprint density at radius 2 is 1.42 bits per heavy atom. The zero-order valence-electron chi connectivity index (χ0n) is 20.7. The molecule has 196 valence electrons. The number of para-hydroxylation sites is 1. The van der Waals surface area contributed by atoms with Crippen molar-refractivity contribution >= 4 is 21.6 Å². The number of carbonyl (C=O) groups excluding carboxylic acids is 1. The average Bonchev–Trinajstić information content (AvgIpc) is 2.91. The van der Waals surface area contributed by atoms with Gasteiger partial charge in [-0.05, 0) is 78.4 Å². The predicted molar refractivity (Wildman–Crippen MR) is 145 cm³/mol. The molecule has 4 aromatic rings. The van der Waals surface area contributed by atoms with E-state index in [2.05, 4.69) is 5.32 Å². The van der Waals surface area contributed by atoms with Crippen molar-refractivity contribution in [2.24, 2.45) is 0 Å². The first-order chi connectivity index (χ1) is 18.3. The van der Waals surface area contributed by atoms with Gasteiger partial charge in [0.2, 0.25) is 10.0 Å². The van der Waals surface area contributed by atoms with Crippen LogP contribution in [-0.2, 0) is 16.6 Å². The quantitative estimate of drug-likeness (QED) is 0.261. The maximum Gasteiger partial charge on any atom is 0.251 e. The molecule has 1 amide bonds. The highest BCUT2D eigenvalue weighted by Crippen LogP contribution is 2.26. The molecule has 0 bridgehead atoms. The molecular formula is C29H27FN2O5S. The minimum atomic E-state index is -3.58. The van der Waals surface area contributed by atoms with E-state index in [-0.39, 0.29) is 31.4 Å². The van der Waals surface area contributed by atoms with Crippen molar-refractivity contribution in [1.29, 1.82) is 0 Å². The third-order valence-corrected chi connectivity index (χ3v) is 6.66. The van der Waals surface area contributed by atoms with Crippen LogP contribution in [0.15, 0.2) is 103 Å². The van der Waals surface area contributed by atoms with Gasteiger partial charge in [-0.2, -0.15) is 0 Å². The van der Waals surface area contributed by atoms with Crippen LogP contribution in [0.4, 0.5) is 10.1 Å². The minimum absolute atomic E-state index is 0.102. The van der Waals surface area contributed by atoms with Gasteiger partial charge in [0, 0.05) is 5.56 Å². The van der Waals surface area contributed by atoms with E-state index in [0.717, 1.165) is 11.8 Å². The van der Waals surface area contributed by atoms with Gasteiger partial charge in [0.05, 0.1) is 25.0 Å². The predicted octanol–water partition coefficient (Wildman–Crippen LogP) is 5.39. The first-order valence-electron chi connectivity index (χ1n) is 11.8. The van der Waals surface area contributed by atoms with Crippen LogP contribution >= 0.6 is 0 Å². The molecule has 0 saturated carbocycles. The fourth-order valence-corrected chi connectivity index (χ4v) is 4.49. The van der Waals surface area contributed by atoms with Gasteiger partial charge in [0.25, 0.3) is 5.91 Å². The number of anilines is 1. The Balaban J connectivity index is 1.34. The van der Waals surface area contributed by atoms with Gasteiger partial charge in [0.15, 0.2) is 0 Å². The van der Waals surface area contributed by atoms with Crippen LogP contribution in [0, 0.1) is 5.82 Å². The third kappa shape index (κ3) is 7.57. The molecule has 0 aliphatic heterocycles. The van der Waals surface area contributed by atoms with Crippen LogP contribution in [0.1, 0.15) is 15.9 Å². The second-order valence-electron chi connectivity index (χ2n) is 8.43. The normalized spacial score (nSPS) is 11.0. The SMILES string of the molecule is CS(=O)(=O)N(Cc1ccc(C(=O)NCCOc2ccc(F)cc2)cc1)c1ccc(Oc2ccccc2)cc1. The molecule has 9 heteroatoms. The van der Waals surface area contributed by atoms with Gasteiger partial charge in [-0.15, -0.1) is 0 Å². The molecule has 4 aromatic carbocycles. The average molecular weight is 535 g/mol. The van der Waals surface area contributed by atoms with E-state index in [1.54, 1.807) is 48.5 Å². The lowest BCUT2D eigenvalue weighted by Gasteiger charge is -2.23. The molecule has 4 rings (SSSR count). The van der Waals surface area contributed by atoms with Crippen molar-refractivity contribution < 1.29 is 27.1 Å². The number of carbonyl (C=O) groups is 1. The van der Waals surface area contributed by atoms with Crippen molar-refractivity contribution in [3.63, 3.8) is 0 Å². The summed E-state index contributed by atoms with van der Waals surface area (Å²) in [6.07, 6.45) is 1.15. The number of nitrogens with zero attached hydrogens (tertiary/aromatic N) is 1. The Bertz CT molecular complexity index is 1440. The fourth-order valence-electron chi connectivity index (χ4n) is 3.60. The lowest BCUT2D eigenvalue weighted by Crippen LogP contribution is -2.29. The smallest absolute Gasteiger partial charge is 0.251 e. The summed E-state index contributed by atoms with van der Waals surface area (Å²) in [5, 5.41) is 2.76. The molecule has 1 N–H and O–H groups in total. The Labute approximate surface area is 221 Å². The second kappa shape index (κ2) is 12.2. The largest absolute Gasteiger partial charge is 0.492 e. The van der Waals surface area contributed by atoms with Crippen molar-refractivity contribution in [2.75, 3.05) is 23.7 Å². The number of benzene rings is 4. The van der Waals surface area contributed by atoms with Crippen LogP contribution in [0.25, 0.3) is 0 Å². The monoisotopic (exact) mass is 534 g/mol. The van der Waals surface area contributed by atoms with Crippen molar-refractivity contribution in [2.45, 2.75) is 6.54 Å². The Morgan fingerprint density at radius 1 is 0.816 bits per heavy atom. The van der Waals surface area contributed by atoms with E-state index < -0.39 is 10.0 Å². The molecule has 0 spiro atoms. The summed E-state index contributed by atoms with van der Waals surface area (Å²) in [5.41, 5.74) is 1.65. The van der Waals surface area contributed by atoms with Crippen LogP contribution < -0.4 is 19.1 Å². The zero-order valence-corrected chi connectivity index (χ0v) is 21.5. The molecule has 0 saturated heterocycles. The topological polar surface area (TPSA) is 84.9 Å². The molecule has 0 radical (unpaired) electrons. The van der Waals surface area contributed by atoms with Crippen molar-refractivity contribution in [3.05, 3.63) is 120 Å². The number of nitrogens with one attached hydrogen (secondary N) is 1. The summed E-state index contributed by atoms with van der Waals surface area (Å²) in [5.74, 6) is 1.16. The highest BCUT2D eigenvalue weighted by molar-refractivity contribution is 7.92. The standard InChI is InChI=1S/C29H27FN2O5S/c1-38(34,35)32(25-13-17-28(18-14-25)37-27-5-3-2-4-6-27)21-22-7-9-23(10-8-22)29(33)31-19-20-36-26-15-11-24(30)12-16-26/h2-18H,19-21H2,1H3,(H,31,33). The van der Waals surface area contributed by atoms with E-state index in [1.807, 2.05) is 30.3 Å². The van der Waals surface area contributed by atoms with Crippen LogP contribution in [0.3, 0.4) is 0 Å². The highest BCUT2D eigenvalue weighted by atomic mass is 32.2. The summed E-state index contributed by atoms with van der Waals surface area (Å²) < 4.78 is 50.6. The third-order valence-electron chi connectivity index (χ3n) is 5.52. The van der Waals surface area contributed by atoms with Crippen molar-refractivity contribution in [3.8, 4) is 17.2 Å². The molecule has 0 aliphatic carbocycles. The van der Waals surface area contributed by atoms with Crippen LogP contribution in [-0.4, -0.2) is 33.7 Å². The molecule has 7 nitrogen and oxygen atoms in total. The Morgan fingerprint density at radius 3 is 2.05 bits per heavy atom. The number of sulfonamides is 1. The van der Waals surface area contributed by atoms with Crippen molar-refractivity contribution in [1.82, 2.24) is 5.32 Å².